The molecule has 2 N–H and O–H groups in total. The normalized spacial score (nSPS) is 16.1. The first-order chi connectivity index (χ1) is 11.7. The van der Waals surface area contributed by atoms with Crippen LogP contribution in [0, 0.1) is 0 Å². The minimum atomic E-state index is 0. The molecule has 1 aromatic heterocycles. The van der Waals surface area contributed by atoms with E-state index in [1.54, 1.807) is 11.3 Å². The number of ether oxygens (including phenoxy) is 1. The molecule has 0 aliphatic carbocycles. The average Bonchev–Trinajstić information content (AvgIpc) is 3.05. The van der Waals surface area contributed by atoms with Crippen molar-refractivity contribution in [3.8, 4) is 16.3 Å². The summed E-state index contributed by atoms with van der Waals surface area (Å²) < 4.78 is 5.45. The maximum Gasteiger partial charge on any atom is 0.226 e. The molecule has 0 saturated carbocycles. The summed E-state index contributed by atoms with van der Waals surface area (Å²) in [7, 11) is 0. The van der Waals surface area contributed by atoms with Crippen molar-refractivity contribution in [2.24, 2.45) is 0 Å². The minimum absolute atomic E-state index is 0. The van der Waals surface area contributed by atoms with Gasteiger partial charge in [-0.25, -0.2) is 4.98 Å². The highest BCUT2D eigenvalue weighted by Crippen LogP contribution is 2.26. The zero-order valence-corrected chi connectivity index (χ0v) is 17.1. The summed E-state index contributed by atoms with van der Waals surface area (Å²) in [5, 5.41) is 9.28. The molecule has 1 amide bonds. The lowest BCUT2D eigenvalue weighted by Crippen LogP contribution is -2.46. The van der Waals surface area contributed by atoms with Gasteiger partial charge in [0.05, 0.1) is 18.7 Å². The molecule has 2 aromatic rings. The van der Waals surface area contributed by atoms with Gasteiger partial charge >= 0.3 is 0 Å². The molecule has 5 nitrogen and oxygen atoms in total. The molecule has 1 aliphatic heterocycles. The van der Waals surface area contributed by atoms with Gasteiger partial charge in [-0.3, -0.25) is 4.79 Å². The zero-order valence-electron chi connectivity index (χ0n) is 14.7. The first kappa shape index (κ1) is 22.7. The second-order valence-corrected chi connectivity index (χ2v) is 6.75. The average molecular weight is 418 g/mol. The zero-order chi connectivity index (χ0) is 16.8. The van der Waals surface area contributed by atoms with Crippen LogP contribution < -0.4 is 15.4 Å². The number of amides is 1. The van der Waals surface area contributed by atoms with Gasteiger partial charge in [-0.15, -0.1) is 36.2 Å². The number of nitrogens with one attached hydrogen (secondary N) is 2. The smallest absolute Gasteiger partial charge is 0.226 e. The molecule has 0 bridgehead atoms. The van der Waals surface area contributed by atoms with Crippen molar-refractivity contribution >= 4 is 42.1 Å². The van der Waals surface area contributed by atoms with Crippen molar-refractivity contribution in [2.75, 3.05) is 19.7 Å². The Morgan fingerprint density at radius 3 is 2.77 bits per heavy atom. The highest BCUT2D eigenvalue weighted by Gasteiger charge is 2.16. The topological polar surface area (TPSA) is 63.2 Å². The standard InChI is InChI=1S/C18H23N3O2S.2ClH/c1-2-23-16-7-5-13(6-8-16)18-21-15(12-24-18)10-17(22)20-14-4-3-9-19-11-14;;/h5-8,12,14,19H,2-4,9-11H2,1H3,(H,20,22);2*1H/t14-;;/m0../s1. The van der Waals surface area contributed by atoms with E-state index in [2.05, 4.69) is 15.6 Å². The van der Waals surface area contributed by atoms with Crippen LogP contribution in [0.5, 0.6) is 5.75 Å². The summed E-state index contributed by atoms with van der Waals surface area (Å²) in [6.45, 7) is 4.53. The Morgan fingerprint density at radius 2 is 2.12 bits per heavy atom. The first-order valence-corrected chi connectivity index (χ1v) is 9.30. The van der Waals surface area contributed by atoms with Gasteiger partial charge in [0.15, 0.2) is 0 Å². The van der Waals surface area contributed by atoms with Crippen LogP contribution in [0.15, 0.2) is 29.6 Å². The van der Waals surface area contributed by atoms with E-state index in [1.165, 1.54) is 0 Å². The maximum atomic E-state index is 12.2. The molecule has 0 unspecified atom stereocenters. The molecule has 3 rings (SSSR count). The van der Waals surface area contributed by atoms with Gasteiger partial charge in [0, 0.05) is 23.5 Å². The van der Waals surface area contributed by atoms with Gasteiger partial charge in [-0.05, 0) is 50.6 Å². The molecule has 1 fully saturated rings. The van der Waals surface area contributed by atoms with Crippen LogP contribution in [0.25, 0.3) is 10.6 Å². The van der Waals surface area contributed by atoms with Gasteiger partial charge < -0.3 is 15.4 Å². The maximum absolute atomic E-state index is 12.2. The van der Waals surface area contributed by atoms with E-state index in [4.69, 9.17) is 4.74 Å². The van der Waals surface area contributed by atoms with Crippen molar-refractivity contribution in [1.82, 2.24) is 15.6 Å². The van der Waals surface area contributed by atoms with E-state index in [1.807, 2.05) is 36.6 Å². The number of thiazole rings is 1. The van der Waals surface area contributed by atoms with E-state index in [0.29, 0.717) is 13.0 Å². The molecule has 0 spiro atoms. The van der Waals surface area contributed by atoms with Gasteiger partial charge in [0.25, 0.3) is 0 Å². The molecule has 26 heavy (non-hydrogen) atoms. The lowest BCUT2D eigenvalue weighted by molar-refractivity contribution is -0.121. The summed E-state index contributed by atoms with van der Waals surface area (Å²) in [6.07, 6.45) is 2.50. The second-order valence-electron chi connectivity index (χ2n) is 5.89. The van der Waals surface area contributed by atoms with Crippen LogP contribution in [-0.2, 0) is 11.2 Å². The highest BCUT2D eigenvalue weighted by atomic mass is 35.5. The predicted molar refractivity (Wildman–Crippen MR) is 111 cm³/mol. The van der Waals surface area contributed by atoms with Crippen LogP contribution in [-0.4, -0.2) is 36.6 Å². The number of benzene rings is 1. The molecular formula is C18H25Cl2N3O2S. The van der Waals surface area contributed by atoms with Crippen LogP contribution in [0.4, 0.5) is 0 Å². The SMILES string of the molecule is CCOc1ccc(-c2nc(CC(=O)N[C@H]3CCCNC3)cs2)cc1.Cl.Cl. The molecular weight excluding hydrogens is 393 g/mol. The number of rotatable bonds is 6. The third kappa shape index (κ3) is 6.43. The highest BCUT2D eigenvalue weighted by molar-refractivity contribution is 7.13. The number of carbonyl (C=O) groups excluding carboxylic acids is 1. The number of hydrogen-bond donors (Lipinski definition) is 2. The van der Waals surface area contributed by atoms with Gasteiger partial charge in [0.2, 0.25) is 5.91 Å². The molecule has 0 radical (unpaired) electrons. The number of carbonyl (C=O) groups is 1. The molecule has 1 aromatic carbocycles. The Hall–Kier alpha value is -1.34. The van der Waals surface area contributed by atoms with E-state index >= 15 is 0 Å². The van der Waals surface area contributed by atoms with Crippen LogP contribution in [0.3, 0.4) is 0 Å². The Kier molecular flexibility index (Phi) is 9.94. The van der Waals surface area contributed by atoms with E-state index in [0.717, 1.165) is 47.9 Å². The third-order valence-corrected chi connectivity index (χ3v) is 4.91. The fraction of sp³-hybridized carbons (Fsp3) is 0.444. The fourth-order valence-electron chi connectivity index (χ4n) is 2.80. The van der Waals surface area contributed by atoms with Crippen LogP contribution in [0.1, 0.15) is 25.5 Å². The van der Waals surface area contributed by atoms with E-state index < -0.39 is 0 Å². The van der Waals surface area contributed by atoms with Crippen molar-refractivity contribution in [1.29, 1.82) is 0 Å². The summed E-state index contributed by atoms with van der Waals surface area (Å²) in [5.41, 5.74) is 1.87. The molecule has 1 aliphatic rings. The summed E-state index contributed by atoms with van der Waals surface area (Å²) in [4.78, 5) is 16.7. The first-order valence-electron chi connectivity index (χ1n) is 8.42. The Balaban J connectivity index is 0.00000169. The monoisotopic (exact) mass is 417 g/mol. The lowest BCUT2D eigenvalue weighted by atomic mass is 10.1. The van der Waals surface area contributed by atoms with Crippen LogP contribution >= 0.6 is 36.2 Å². The summed E-state index contributed by atoms with van der Waals surface area (Å²) >= 11 is 1.57. The third-order valence-electron chi connectivity index (χ3n) is 3.97. The Labute approximate surface area is 170 Å². The number of nitrogens with zero attached hydrogens (tertiary/aromatic N) is 1. The number of halogens is 2. The molecule has 2 heterocycles. The van der Waals surface area contributed by atoms with Gasteiger partial charge in [-0.1, -0.05) is 0 Å². The molecule has 1 atom stereocenters. The number of piperidine rings is 1. The van der Waals surface area contributed by atoms with Crippen LogP contribution in [0.2, 0.25) is 0 Å². The fourth-order valence-corrected chi connectivity index (χ4v) is 3.63. The Bertz CT molecular complexity index is 673. The van der Waals surface area contributed by atoms with Crippen molar-refractivity contribution < 1.29 is 9.53 Å². The van der Waals surface area contributed by atoms with E-state index in [9.17, 15) is 4.79 Å². The van der Waals surface area contributed by atoms with Crippen molar-refractivity contribution in [3.05, 3.63) is 35.3 Å². The largest absolute Gasteiger partial charge is 0.494 e. The molecule has 144 valence electrons. The lowest BCUT2D eigenvalue weighted by Gasteiger charge is -2.23. The van der Waals surface area contributed by atoms with E-state index in [-0.39, 0.29) is 36.8 Å². The van der Waals surface area contributed by atoms with Gasteiger partial charge in [-0.2, -0.15) is 0 Å². The second kappa shape index (κ2) is 11.4. The van der Waals surface area contributed by atoms with Gasteiger partial charge in [0.1, 0.15) is 10.8 Å². The van der Waals surface area contributed by atoms with Crippen molar-refractivity contribution in [3.63, 3.8) is 0 Å². The minimum Gasteiger partial charge on any atom is -0.494 e. The number of aromatic nitrogens is 1. The quantitative estimate of drug-likeness (QED) is 0.754. The van der Waals surface area contributed by atoms with Crippen molar-refractivity contribution in [2.45, 2.75) is 32.2 Å². The Morgan fingerprint density at radius 1 is 1.35 bits per heavy atom. The summed E-state index contributed by atoms with van der Waals surface area (Å²) in [5.74, 6) is 0.908. The number of hydrogen-bond acceptors (Lipinski definition) is 5. The summed E-state index contributed by atoms with van der Waals surface area (Å²) in [6, 6.07) is 8.14. The predicted octanol–water partition coefficient (Wildman–Crippen LogP) is 3.46. The molecule has 1 saturated heterocycles. The molecule has 8 heteroatoms.